The summed E-state index contributed by atoms with van der Waals surface area (Å²) in [6.07, 6.45) is 0. The number of hydrogen-bond acceptors (Lipinski definition) is 3. The molecule has 19 heavy (non-hydrogen) atoms. The number of hydrogen-bond donors (Lipinski definition) is 2. The zero-order chi connectivity index (χ0) is 13.5. The lowest BCUT2D eigenvalue weighted by Crippen LogP contribution is -2.42. The minimum atomic E-state index is -0.762. The molecule has 4 atom stereocenters. The Morgan fingerprint density at radius 2 is 2.05 bits per heavy atom. The van der Waals surface area contributed by atoms with Crippen molar-refractivity contribution in [1.82, 2.24) is 10.2 Å². The maximum absolute atomic E-state index is 10.8. The highest BCUT2D eigenvalue weighted by Gasteiger charge is 2.43. The Labute approximate surface area is 115 Å². The Bertz CT molecular complexity index is 432. The summed E-state index contributed by atoms with van der Waals surface area (Å²) in [6, 6.07) is 10.6. The minimum Gasteiger partial charge on any atom is -0.384 e. The molecule has 2 aliphatic heterocycles. The van der Waals surface area contributed by atoms with Crippen LogP contribution in [0.4, 0.5) is 0 Å². The molecule has 2 heterocycles. The molecule has 2 fully saturated rings. The largest absolute Gasteiger partial charge is 0.384 e. The highest BCUT2D eigenvalue weighted by Crippen LogP contribution is 2.34. The predicted molar refractivity (Wildman–Crippen MR) is 76.9 cm³/mol. The molecule has 3 nitrogen and oxygen atoms in total. The van der Waals surface area contributed by atoms with Gasteiger partial charge in [-0.3, -0.25) is 4.90 Å². The molecule has 4 unspecified atom stereocenters. The highest BCUT2D eigenvalue weighted by atomic mass is 16.3. The number of nitrogens with one attached hydrogen (secondary N) is 1. The van der Waals surface area contributed by atoms with Gasteiger partial charge in [0.2, 0.25) is 0 Å². The first kappa shape index (κ1) is 13.1. The molecule has 2 N–H and O–H groups in total. The lowest BCUT2D eigenvalue weighted by molar-refractivity contribution is 0.0107. The Morgan fingerprint density at radius 3 is 2.74 bits per heavy atom. The van der Waals surface area contributed by atoms with E-state index in [0.29, 0.717) is 6.04 Å². The molecule has 1 aromatic carbocycles. The Kier molecular flexibility index (Phi) is 3.37. The lowest BCUT2D eigenvalue weighted by atomic mass is 9.94. The standard InChI is InChI=1S/C16H24N2O/c1-12-15-9-17-8-13(15)10-18(12)11-16(2,19)14-6-4-3-5-7-14/h3-7,12-13,15,17,19H,8-11H2,1-2H3. The number of nitrogens with zero attached hydrogens (tertiary/aromatic N) is 1. The maximum Gasteiger partial charge on any atom is 0.0994 e. The minimum absolute atomic E-state index is 0.565. The fraction of sp³-hybridized carbons (Fsp3) is 0.625. The van der Waals surface area contributed by atoms with Gasteiger partial charge in [-0.15, -0.1) is 0 Å². The SMILES string of the molecule is CC1C2CNCC2CN1CC(C)(O)c1ccccc1. The Morgan fingerprint density at radius 1 is 1.32 bits per heavy atom. The number of aliphatic hydroxyl groups is 1. The van der Waals surface area contributed by atoms with Crippen molar-refractivity contribution in [2.24, 2.45) is 11.8 Å². The maximum atomic E-state index is 10.8. The first-order chi connectivity index (χ1) is 9.08. The zero-order valence-electron chi connectivity index (χ0n) is 11.8. The molecular formula is C16H24N2O. The van der Waals surface area contributed by atoms with Crippen LogP contribution in [0.25, 0.3) is 0 Å². The van der Waals surface area contributed by atoms with Crippen LogP contribution in [0, 0.1) is 11.8 Å². The van der Waals surface area contributed by atoms with E-state index in [1.807, 2.05) is 37.3 Å². The van der Waals surface area contributed by atoms with E-state index < -0.39 is 5.60 Å². The first-order valence-corrected chi connectivity index (χ1v) is 7.30. The monoisotopic (exact) mass is 260 g/mol. The molecule has 3 heteroatoms. The highest BCUT2D eigenvalue weighted by molar-refractivity contribution is 5.22. The van der Waals surface area contributed by atoms with Crippen molar-refractivity contribution in [3.05, 3.63) is 35.9 Å². The van der Waals surface area contributed by atoms with E-state index >= 15 is 0 Å². The number of rotatable bonds is 3. The summed E-state index contributed by atoms with van der Waals surface area (Å²) >= 11 is 0. The van der Waals surface area contributed by atoms with Crippen LogP contribution >= 0.6 is 0 Å². The van der Waals surface area contributed by atoms with Crippen molar-refractivity contribution >= 4 is 0 Å². The van der Waals surface area contributed by atoms with Crippen molar-refractivity contribution in [2.75, 3.05) is 26.2 Å². The van der Waals surface area contributed by atoms with Gasteiger partial charge in [-0.05, 0) is 44.3 Å². The summed E-state index contributed by atoms with van der Waals surface area (Å²) < 4.78 is 0. The van der Waals surface area contributed by atoms with Crippen molar-refractivity contribution in [3.8, 4) is 0 Å². The summed E-state index contributed by atoms with van der Waals surface area (Å²) in [7, 11) is 0. The van der Waals surface area contributed by atoms with Crippen LogP contribution < -0.4 is 5.32 Å². The second-order valence-electron chi connectivity index (χ2n) is 6.39. The number of benzene rings is 1. The molecule has 0 bridgehead atoms. The van der Waals surface area contributed by atoms with Crippen molar-refractivity contribution in [3.63, 3.8) is 0 Å². The molecule has 1 aromatic rings. The summed E-state index contributed by atoms with van der Waals surface area (Å²) in [6.45, 7) is 8.35. The number of β-amino-alcohol motifs (C(OH)–C–C–N with tert-alkyl or cyclic N) is 1. The van der Waals surface area contributed by atoms with Gasteiger partial charge in [-0.25, -0.2) is 0 Å². The molecule has 0 amide bonds. The van der Waals surface area contributed by atoms with Crippen LogP contribution in [0.1, 0.15) is 19.4 Å². The van der Waals surface area contributed by atoms with Crippen LogP contribution in [0.5, 0.6) is 0 Å². The first-order valence-electron chi connectivity index (χ1n) is 7.30. The van der Waals surface area contributed by atoms with Gasteiger partial charge in [-0.1, -0.05) is 30.3 Å². The molecule has 104 valence electrons. The van der Waals surface area contributed by atoms with Gasteiger partial charge in [-0.2, -0.15) is 0 Å². The van der Waals surface area contributed by atoms with E-state index in [4.69, 9.17) is 0 Å². The third kappa shape index (κ3) is 2.42. The normalized spacial score (nSPS) is 34.2. The molecule has 0 saturated carbocycles. The van der Waals surface area contributed by atoms with Gasteiger partial charge in [0.15, 0.2) is 0 Å². The van der Waals surface area contributed by atoms with Gasteiger partial charge in [0.05, 0.1) is 5.60 Å². The van der Waals surface area contributed by atoms with Crippen molar-refractivity contribution in [1.29, 1.82) is 0 Å². The summed E-state index contributed by atoms with van der Waals surface area (Å²) in [5.74, 6) is 1.52. The average Bonchev–Trinajstić information content (AvgIpc) is 2.95. The molecule has 0 aromatic heterocycles. The fourth-order valence-corrected chi connectivity index (χ4v) is 3.75. The van der Waals surface area contributed by atoms with Gasteiger partial charge in [0, 0.05) is 19.1 Å². The third-order valence-corrected chi connectivity index (χ3v) is 4.96. The van der Waals surface area contributed by atoms with Crippen molar-refractivity contribution < 1.29 is 5.11 Å². The molecule has 0 radical (unpaired) electrons. The molecule has 2 saturated heterocycles. The van der Waals surface area contributed by atoms with Gasteiger partial charge < -0.3 is 10.4 Å². The smallest absolute Gasteiger partial charge is 0.0994 e. The number of likely N-dealkylation sites (tertiary alicyclic amines) is 1. The molecule has 0 aliphatic carbocycles. The topological polar surface area (TPSA) is 35.5 Å². The Hall–Kier alpha value is -0.900. The van der Waals surface area contributed by atoms with Crippen LogP contribution in [0.3, 0.4) is 0 Å². The predicted octanol–water partition coefficient (Wildman–Crippen LogP) is 1.43. The summed E-state index contributed by atoms with van der Waals surface area (Å²) in [5, 5.41) is 14.3. The lowest BCUT2D eigenvalue weighted by Gasteiger charge is -2.33. The molecular weight excluding hydrogens is 236 g/mol. The van der Waals surface area contributed by atoms with E-state index in [1.54, 1.807) is 0 Å². The van der Waals surface area contributed by atoms with Crippen LogP contribution in [-0.4, -0.2) is 42.2 Å². The van der Waals surface area contributed by atoms with E-state index in [9.17, 15) is 5.11 Å². The summed E-state index contributed by atoms with van der Waals surface area (Å²) in [5.41, 5.74) is 0.249. The molecule has 0 spiro atoms. The van der Waals surface area contributed by atoms with E-state index in [1.165, 1.54) is 0 Å². The van der Waals surface area contributed by atoms with E-state index in [0.717, 1.165) is 43.6 Å². The third-order valence-electron chi connectivity index (χ3n) is 4.96. The van der Waals surface area contributed by atoms with Crippen LogP contribution in [0.2, 0.25) is 0 Å². The van der Waals surface area contributed by atoms with Gasteiger partial charge >= 0.3 is 0 Å². The quantitative estimate of drug-likeness (QED) is 0.863. The number of fused-ring (bicyclic) bond motifs is 1. The van der Waals surface area contributed by atoms with Gasteiger partial charge in [0.25, 0.3) is 0 Å². The van der Waals surface area contributed by atoms with Crippen LogP contribution in [0.15, 0.2) is 30.3 Å². The van der Waals surface area contributed by atoms with E-state index in [2.05, 4.69) is 17.1 Å². The van der Waals surface area contributed by atoms with E-state index in [-0.39, 0.29) is 0 Å². The van der Waals surface area contributed by atoms with Crippen LogP contribution in [-0.2, 0) is 5.60 Å². The second-order valence-corrected chi connectivity index (χ2v) is 6.39. The average molecular weight is 260 g/mol. The fourth-order valence-electron chi connectivity index (χ4n) is 3.75. The molecule has 3 rings (SSSR count). The Balaban J connectivity index is 1.71. The van der Waals surface area contributed by atoms with Crippen molar-refractivity contribution in [2.45, 2.75) is 25.5 Å². The van der Waals surface area contributed by atoms with Gasteiger partial charge in [0.1, 0.15) is 0 Å². The second kappa shape index (κ2) is 4.89. The summed E-state index contributed by atoms with van der Waals surface area (Å²) in [4.78, 5) is 2.46. The zero-order valence-corrected chi connectivity index (χ0v) is 11.8. The molecule has 2 aliphatic rings.